The lowest BCUT2D eigenvalue weighted by molar-refractivity contribution is -0.0761. The van der Waals surface area contributed by atoms with Gasteiger partial charge in [-0.3, -0.25) is 0 Å². The Morgan fingerprint density at radius 3 is 2.05 bits per heavy atom. The molecule has 4 bridgehead atoms. The van der Waals surface area contributed by atoms with Crippen molar-refractivity contribution in [1.29, 1.82) is 0 Å². The minimum absolute atomic E-state index is 0.832. The molecule has 0 unspecified atom stereocenters. The molecule has 1 heterocycles. The second kappa shape index (κ2) is 5.37. The molecule has 108 valence electrons. The third-order valence-corrected chi connectivity index (χ3v) is 6.54. The summed E-state index contributed by atoms with van der Waals surface area (Å²) in [6.45, 7) is 4.52. The maximum Gasteiger partial charge on any atom is 0.0499 e. The van der Waals surface area contributed by atoms with E-state index < -0.39 is 0 Å². The van der Waals surface area contributed by atoms with E-state index in [0.717, 1.165) is 48.7 Å². The van der Waals surface area contributed by atoms with Crippen molar-refractivity contribution in [2.45, 2.75) is 44.9 Å². The van der Waals surface area contributed by atoms with Gasteiger partial charge in [-0.15, -0.1) is 0 Å². The summed E-state index contributed by atoms with van der Waals surface area (Å²) in [4.78, 5) is 0. The summed E-state index contributed by atoms with van der Waals surface area (Å²) in [6.07, 6.45) is 10.4. The highest BCUT2D eigenvalue weighted by Crippen LogP contribution is 2.56. The minimum atomic E-state index is 0.832. The zero-order chi connectivity index (χ0) is 12.7. The molecular weight excluding hydrogens is 234 g/mol. The van der Waals surface area contributed by atoms with Crippen molar-refractivity contribution >= 4 is 0 Å². The molecule has 4 saturated carbocycles. The Balaban J connectivity index is 1.26. The normalized spacial score (nSPS) is 45.8. The molecule has 0 amide bonds. The number of piperidine rings is 1. The number of hydrogen-bond donors (Lipinski definition) is 1. The largest absolute Gasteiger partial charge is 0.381 e. The van der Waals surface area contributed by atoms with Gasteiger partial charge in [0, 0.05) is 13.2 Å². The molecule has 0 radical (unpaired) electrons. The monoisotopic (exact) mass is 263 g/mol. The van der Waals surface area contributed by atoms with Crippen molar-refractivity contribution in [2.75, 3.05) is 26.3 Å². The van der Waals surface area contributed by atoms with Gasteiger partial charge in [-0.2, -0.15) is 0 Å². The van der Waals surface area contributed by atoms with Gasteiger partial charge >= 0.3 is 0 Å². The zero-order valence-corrected chi connectivity index (χ0v) is 12.2. The third-order valence-electron chi connectivity index (χ3n) is 6.54. The molecule has 5 rings (SSSR count). The Hall–Kier alpha value is -0.0800. The molecule has 0 aromatic carbocycles. The van der Waals surface area contributed by atoms with Gasteiger partial charge in [0.05, 0.1) is 0 Å². The molecule has 0 atom stereocenters. The van der Waals surface area contributed by atoms with Crippen LogP contribution in [0.3, 0.4) is 0 Å². The molecule has 19 heavy (non-hydrogen) atoms. The Morgan fingerprint density at radius 1 is 0.789 bits per heavy atom. The molecule has 2 heteroatoms. The van der Waals surface area contributed by atoms with Crippen LogP contribution in [0.1, 0.15) is 44.9 Å². The Bertz CT molecular complexity index is 282. The molecule has 0 aromatic heterocycles. The predicted molar refractivity (Wildman–Crippen MR) is 76.9 cm³/mol. The van der Waals surface area contributed by atoms with E-state index in [1.807, 2.05) is 0 Å². The molecule has 2 nitrogen and oxygen atoms in total. The van der Waals surface area contributed by atoms with Gasteiger partial charge in [-0.1, -0.05) is 0 Å². The Morgan fingerprint density at radius 2 is 1.42 bits per heavy atom. The highest BCUT2D eigenvalue weighted by molar-refractivity contribution is 4.97. The molecule has 0 aromatic rings. The molecule has 1 aliphatic heterocycles. The summed E-state index contributed by atoms with van der Waals surface area (Å²) in [7, 11) is 0. The van der Waals surface area contributed by atoms with Crippen molar-refractivity contribution < 1.29 is 4.74 Å². The first kappa shape index (κ1) is 12.6. The van der Waals surface area contributed by atoms with Crippen LogP contribution >= 0.6 is 0 Å². The molecule has 5 aliphatic rings. The first-order valence-electron chi connectivity index (χ1n) is 8.67. The van der Waals surface area contributed by atoms with Crippen molar-refractivity contribution in [3.05, 3.63) is 0 Å². The molecule has 5 fully saturated rings. The summed E-state index contributed by atoms with van der Waals surface area (Å²) in [5, 5.41) is 3.44. The number of rotatable bonds is 4. The summed E-state index contributed by atoms with van der Waals surface area (Å²) < 4.78 is 6.17. The second-order valence-corrected chi connectivity index (χ2v) is 7.83. The average Bonchev–Trinajstić information content (AvgIpc) is 2.42. The van der Waals surface area contributed by atoms with Gasteiger partial charge in [-0.05, 0) is 93.5 Å². The predicted octanol–water partition coefficient (Wildman–Crippen LogP) is 3.07. The first-order chi connectivity index (χ1) is 9.38. The fourth-order valence-corrected chi connectivity index (χ4v) is 5.73. The van der Waals surface area contributed by atoms with E-state index in [1.54, 1.807) is 6.42 Å². The maximum absolute atomic E-state index is 6.17. The second-order valence-electron chi connectivity index (χ2n) is 7.83. The minimum Gasteiger partial charge on any atom is -0.381 e. The highest BCUT2D eigenvalue weighted by Gasteiger charge is 2.47. The van der Waals surface area contributed by atoms with Gasteiger partial charge in [-0.25, -0.2) is 0 Å². The van der Waals surface area contributed by atoms with Crippen LogP contribution in [0, 0.1) is 35.5 Å². The number of nitrogens with one attached hydrogen (secondary N) is 1. The Labute approximate surface area is 117 Å². The van der Waals surface area contributed by atoms with Crippen molar-refractivity contribution in [2.24, 2.45) is 35.5 Å². The van der Waals surface area contributed by atoms with Gasteiger partial charge in [0.25, 0.3) is 0 Å². The summed E-state index contributed by atoms with van der Waals surface area (Å²) >= 11 is 0. The van der Waals surface area contributed by atoms with E-state index in [1.165, 1.54) is 51.6 Å². The summed E-state index contributed by atoms with van der Waals surface area (Å²) in [5.74, 6) is 6.02. The third kappa shape index (κ3) is 2.58. The van der Waals surface area contributed by atoms with Crippen LogP contribution in [0.5, 0.6) is 0 Å². The topological polar surface area (TPSA) is 21.3 Å². The summed E-state index contributed by atoms with van der Waals surface area (Å²) in [5.41, 5.74) is 0. The van der Waals surface area contributed by atoms with E-state index >= 15 is 0 Å². The van der Waals surface area contributed by atoms with Gasteiger partial charge < -0.3 is 10.1 Å². The van der Waals surface area contributed by atoms with Crippen LogP contribution < -0.4 is 5.32 Å². The Kier molecular flexibility index (Phi) is 3.57. The lowest BCUT2D eigenvalue weighted by Crippen LogP contribution is -2.46. The average molecular weight is 263 g/mol. The quantitative estimate of drug-likeness (QED) is 0.841. The van der Waals surface area contributed by atoms with Crippen LogP contribution in [-0.2, 0) is 4.74 Å². The van der Waals surface area contributed by atoms with Crippen LogP contribution in [0.2, 0.25) is 0 Å². The van der Waals surface area contributed by atoms with Gasteiger partial charge in [0.1, 0.15) is 0 Å². The van der Waals surface area contributed by atoms with Gasteiger partial charge in [0.15, 0.2) is 0 Å². The molecule has 1 N–H and O–H groups in total. The molecule has 0 spiro atoms. The fraction of sp³-hybridized carbons (Fsp3) is 1.00. The van der Waals surface area contributed by atoms with E-state index in [2.05, 4.69) is 5.32 Å². The SMILES string of the molecule is C1CC(COCC2C3CC4CC(C3)CC2C4)CCN1. The lowest BCUT2D eigenvalue weighted by atomic mass is 9.52. The van der Waals surface area contributed by atoms with Crippen molar-refractivity contribution in [3.8, 4) is 0 Å². The van der Waals surface area contributed by atoms with E-state index in [-0.39, 0.29) is 0 Å². The van der Waals surface area contributed by atoms with Crippen LogP contribution in [0.15, 0.2) is 0 Å². The smallest absolute Gasteiger partial charge is 0.0499 e. The fourth-order valence-electron chi connectivity index (χ4n) is 5.73. The molecular formula is C17H29NO. The highest BCUT2D eigenvalue weighted by atomic mass is 16.5. The van der Waals surface area contributed by atoms with Crippen molar-refractivity contribution in [3.63, 3.8) is 0 Å². The zero-order valence-electron chi connectivity index (χ0n) is 12.2. The van der Waals surface area contributed by atoms with Crippen molar-refractivity contribution in [1.82, 2.24) is 5.32 Å². The maximum atomic E-state index is 6.17. The van der Waals surface area contributed by atoms with Crippen LogP contribution in [0.25, 0.3) is 0 Å². The van der Waals surface area contributed by atoms with E-state index in [4.69, 9.17) is 4.74 Å². The number of ether oxygens (including phenoxy) is 1. The lowest BCUT2D eigenvalue weighted by Gasteiger charge is -2.54. The standard InChI is InChI=1S/C17H29NO/c1-3-18-4-2-12(1)10-19-11-17-15-6-13-5-14(8-15)9-16(17)7-13/h12-18H,1-11H2. The molecule has 4 aliphatic carbocycles. The van der Waals surface area contributed by atoms with E-state index in [9.17, 15) is 0 Å². The first-order valence-corrected chi connectivity index (χ1v) is 8.67. The van der Waals surface area contributed by atoms with Gasteiger partial charge in [0.2, 0.25) is 0 Å². The van der Waals surface area contributed by atoms with E-state index in [0.29, 0.717) is 0 Å². The molecule has 1 saturated heterocycles. The van der Waals surface area contributed by atoms with Crippen LogP contribution in [-0.4, -0.2) is 26.3 Å². The van der Waals surface area contributed by atoms with Crippen LogP contribution in [0.4, 0.5) is 0 Å². The summed E-state index contributed by atoms with van der Waals surface area (Å²) in [6, 6.07) is 0. The number of hydrogen-bond acceptors (Lipinski definition) is 2.